The topological polar surface area (TPSA) is 120 Å². The van der Waals surface area contributed by atoms with E-state index in [4.69, 9.17) is 5.73 Å². The fourth-order valence-electron chi connectivity index (χ4n) is 3.71. The van der Waals surface area contributed by atoms with E-state index in [1.165, 1.54) is 16.8 Å². The Kier molecular flexibility index (Phi) is 4.81. The maximum atomic E-state index is 13.1. The van der Waals surface area contributed by atoms with Gasteiger partial charge in [-0.25, -0.2) is 4.68 Å². The SMILES string of the molecule is Cc1c(C(=O)N2C[C@@H](N)[C@H](c3ccccc3)C2)nnn1-c1cccc([N+](=O)[O-])c1. The predicted octanol–water partition coefficient (Wildman–Crippen LogP) is 2.05. The molecule has 9 nitrogen and oxygen atoms in total. The molecule has 3 aromatic rings. The number of rotatable bonds is 4. The summed E-state index contributed by atoms with van der Waals surface area (Å²) in [6.45, 7) is 2.66. The first-order valence-electron chi connectivity index (χ1n) is 9.22. The molecule has 2 aromatic carbocycles. The molecule has 2 N–H and O–H groups in total. The van der Waals surface area contributed by atoms with E-state index in [9.17, 15) is 14.9 Å². The number of nitro benzene ring substituents is 1. The van der Waals surface area contributed by atoms with Gasteiger partial charge < -0.3 is 10.6 Å². The van der Waals surface area contributed by atoms with Crippen LogP contribution < -0.4 is 5.73 Å². The number of amides is 1. The third-order valence-corrected chi connectivity index (χ3v) is 5.26. The maximum absolute atomic E-state index is 13.1. The number of aromatic nitrogens is 3. The first-order chi connectivity index (χ1) is 14.0. The molecule has 1 saturated heterocycles. The maximum Gasteiger partial charge on any atom is 0.276 e. The van der Waals surface area contributed by atoms with Crippen molar-refractivity contribution in [3.8, 4) is 5.69 Å². The lowest BCUT2D eigenvalue weighted by Gasteiger charge is -2.15. The number of hydrogen-bond acceptors (Lipinski definition) is 6. The highest BCUT2D eigenvalue weighted by molar-refractivity contribution is 5.93. The van der Waals surface area contributed by atoms with E-state index in [0.717, 1.165) is 5.56 Å². The smallest absolute Gasteiger partial charge is 0.276 e. The number of nitrogens with two attached hydrogens (primary N) is 1. The van der Waals surface area contributed by atoms with Crippen LogP contribution in [0.3, 0.4) is 0 Å². The van der Waals surface area contributed by atoms with Crippen LogP contribution in [0.1, 0.15) is 27.7 Å². The molecule has 1 aromatic heterocycles. The fourth-order valence-corrected chi connectivity index (χ4v) is 3.71. The van der Waals surface area contributed by atoms with Crippen molar-refractivity contribution in [3.05, 3.63) is 81.7 Å². The van der Waals surface area contributed by atoms with Crippen LogP contribution in [-0.4, -0.2) is 49.9 Å². The summed E-state index contributed by atoms with van der Waals surface area (Å²) in [4.78, 5) is 25.3. The standard InChI is InChI=1S/C20H20N6O3/c1-13-19(22-23-25(13)15-8-5-9-16(10-15)26(28)29)20(27)24-11-17(18(21)12-24)14-6-3-2-4-7-14/h2-10,17-18H,11-12,21H2,1H3/t17-,18+/m0/s1. The summed E-state index contributed by atoms with van der Waals surface area (Å²) in [5, 5.41) is 19.1. The van der Waals surface area contributed by atoms with Crippen molar-refractivity contribution in [1.82, 2.24) is 19.9 Å². The Hall–Kier alpha value is -3.59. The molecular formula is C20H20N6O3. The second kappa shape index (κ2) is 7.44. The Bertz CT molecular complexity index is 1070. The molecule has 0 aliphatic carbocycles. The van der Waals surface area contributed by atoms with Crippen LogP contribution in [-0.2, 0) is 0 Å². The molecule has 0 spiro atoms. The van der Waals surface area contributed by atoms with E-state index in [1.807, 2.05) is 30.3 Å². The van der Waals surface area contributed by atoms with Crippen LogP contribution in [0.2, 0.25) is 0 Å². The molecule has 1 amide bonds. The molecule has 0 saturated carbocycles. The third-order valence-electron chi connectivity index (χ3n) is 5.26. The van der Waals surface area contributed by atoms with Crippen LogP contribution in [0.4, 0.5) is 5.69 Å². The van der Waals surface area contributed by atoms with E-state index in [-0.39, 0.29) is 29.2 Å². The Morgan fingerprint density at radius 1 is 1.17 bits per heavy atom. The van der Waals surface area contributed by atoms with Gasteiger partial charge in [0.2, 0.25) is 0 Å². The lowest BCUT2D eigenvalue weighted by atomic mass is 9.95. The van der Waals surface area contributed by atoms with Gasteiger partial charge in [-0.05, 0) is 18.6 Å². The molecule has 9 heteroatoms. The van der Waals surface area contributed by atoms with Crippen LogP contribution in [0.25, 0.3) is 5.69 Å². The van der Waals surface area contributed by atoms with E-state index in [2.05, 4.69) is 10.3 Å². The quantitative estimate of drug-likeness (QED) is 0.536. The largest absolute Gasteiger partial charge is 0.335 e. The van der Waals surface area contributed by atoms with Crippen molar-refractivity contribution in [3.63, 3.8) is 0 Å². The number of carbonyl (C=O) groups is 1. The predicted molar refractivity (Wildman–Crippen MR) is 106 cm³/mol. The summed E-state index contributed by atoms with van der Waals surface area (Å²) in [7, 11) is 0. The Balaban J connectivity index is 1.58. The van der Waals surface area contributed by atoms with Crippen LogP contribution in [0.15, 0.2) is 54.6 Å². The van der Waals surface area contributed by atoms with Crippen LogP contribution >= 0.6 is 0 Å². The van der Waals surface area contributed by atoms with Crippen LogP contribution in [0.5, 0.6) is 0 Å². The highest BCUT2D eigenvalue weighted by Crippen LogP contribution is 2.28. The third kappa shape index (κ3) is 3.47. The Labute approximate surface area is 166 Å². The number of nitro groups is 1. The lowest BCUT2D eigenvalue weighted by Crippen LogP contribution is -2.32. The van der Waals surface area contributed by atoms with Gasteiger partial charge in [-0.1, -0.05) is 41.6 Å². The van der Waals surface area contributed by atoms with E-state index in [1.54, 1.807) is 24.0 Å². The number of carbonyl (C=O) groups excluding carboxylic acids is 1. The van der Waals surface area contributed by atoms with Gasteiger partial charge in [-0.3, -0.25) is 14.9 Å². The van der Waals surface area contributed by atoms with Crippen LogP contribution in [0, 0.1) is 17.0 Å². The zero-order valence-corrected chi connectivity index (χ0v) is 15.8. The van der Waals surface area contributed by atoms with Gasteiger partial charge in [0, 0.05) is 37.2 Å². The minimum atomic E-state index is -0.475. The molecule has 1 aliphatic rings. The van der Waals surface area contributed by atoms with Crippen molar-refractivity contribution in [2.24, 2.45) is 5.73 Å². The van der Waals surface area contributed by atoms with E-state index >= 15 is 0 Å². The first-order valence-corrected chi connectivity index (χ1v) is 9.22. The summed E-state index contributed by atoms with van der Waals surface area (Å²) in [5.74, 6) is -0.180. The minimum absolute atomic E-state index is 0.0542. The van der Waals surface area contributed by atoms with Crippen molar-refractivity contribution >= 4 is 11.6 Å². The van der Waals surface area contributed by atoms with Crippen molar-refractivity contribution < 1.29 is 9.72 Å². The second-order valence-corrected chi connectivity index (χ2v) is 7.10. The lowest BCUT2D eigenvalue weighted by molar-refractivity contribution is -0.384. The average molecular weight is 392 g/mol. The first kappa shape index (κ1) is 18.8. The van der Waals surface area contributed by atoms with Gasteiger partial charge in [0.25, 0.3) is 11.6 Å². The summed E-state index contributed by atoms with van der Waals surface area (Å²) in [5.41, 5.74) is 8.56. The molecule has 29 heavy (non-hydrogen) atoms. The van der Waals surface area contributed by atoms with Crippen molar-refractivity contribution in [1.29, 1.82) is 0 Å². The van der Waals surface area contributed by atoms with Crippen molar-refractivity contribution in [2.45, 2.75) is 18.9 Å². The van der Waals surface area contributed by atoms with Gasteiger partial charge in [0.15, 0.2) is 5.69 Å². The monoisotopic (exact) mass is 392 g/mol. The van der Waals surface area contributed by atoms with Crippen molar-refractivity contribution in [2.75, 3.05) is 13.1 Å². The van der Waals surface area contributed by atoms with Gasteiger partial charge in [0.05, 0.1) is 16.3 Å². The average Bonchev–Trinajstić information content (AvgIpc) is 3.31. The molecule has 1 aliphatic heterocycles. The summed E-state index contributed by atoms with van der Waals surface area (Å²) in [6.07, 6.45) is 0. The van der Waals surface area contributed by atoms with Gasteiger partial charge >= 0.3 is 0 Å². The summed E-state index contributed by atoms with van der Waals surface area (Å²) < 4.78 is 1.44. The molecular weight excluding hydrogens is 372 g/mol. The van der Waals surface area contributed by atoms with E-state index < -0.39 is 4.92 Å². The summed E-state index contributed by atoms with van der Waals surface area (Å²) in [6, 6.07) is 15.8. The normalized spacial score (nSPS) is 18.8. The van der Waals surface area contributed by atoms with Gasteiger partial charge in [0.1, 0.15) is 0 Å². The molecule has 1 fully saturated rings. The molecule has 2 heterocycles. The Morgan fingerprint density at radius 2 is 1.93 bits per heavy atom. The number of hydrogen-bond donors (Lipinski definition) is 1. The number of benzene rings is 2. The minimum Gasteiger partial charge on any atom is -0.335 e. The highest BCUT2D eigenvalue weighted by atomic mass is 16.6. The number of likely N-dealkylation sites (tertiary alicyclic amines) is 1. The zero-order valence-electron chi connectivity index (χ0n) is 15.8. The molecule has 0 unspecified atom stereocenters. The molecule has 2 atom stereocenters. The Morgan fingerprint density at radius 3 is 2.66 bits per heavy atom. The molecule has 4 rings (SSSR count). The molecule has 0 radical (unpaired) electrons. The molecule has 0 bridgehead atoms. The number of nitrogens with zero attached hydrogens (tertiary/aromatic N) is 5. The van der Waals surface area contributed by atoms with Gasteiger partial charge in [-0.15, -0.1) is 5.10 Å². The second-order valence-electron chi connectivity index (χ2n) is 7.10. The van der Waals surface area contributed by atoms with E-state index in [0.29, 0.717) is 24.5 Å². The zero-order chi connectivity index (χ0) is 20.5. The highest BCUT2D eigenvalue weighted by Gasteiger charge is 2.36. The van der Waals surface area contributed by atoms with Gasteiger partial charge in [-0.2, -0.15) is 0 Å². The summed E-state index contributed by atoms with van der Waals surface area (Å²) >= 11 is 0. The number of non-ortho nitro benzene ring substituents is 1. The molecule has 148 valence electrons. The fraction of sp³-hybridized carbons (Fsp3) is 0.250.